The molecule has 108 valence electrons. The number of rotatable bonds is 4. The van der Waals surface area contributed by atoms with Crippen LogP contribution in [-0.2, 0) is 0 Å². The van der Waals surface area contributed by atoms with Crippen LogP contribution in [0.3, 0.4) is 0 Å². The van der Waals surface area contributed by atoms with E-state index in [1.54, 1.807) is 13.4 Å². The molecule has 0 aliphatic rings. The Balaban J connectivity index is 2.42. The van der Waals surface area contributed by atoms with Gasteiger partial charge in [0.1, 0.15) is 0 Å². The second kappa shape index (κ2) is 5.57. The maximum Gasteiger partial charge on any atom is 0.151 e. The third kappa shape index (κ3) is 3.13. The number of imidazole rings is 1. The predicted molar refractivity (Wildman–Crippen MR) is 83.3 cm³/mol. The number of aromatic amines is 1. The summed E-state index contributed by atoms with van der Waals surface area (Å²) in [5.41, 5.74) is 3.31. The number of anilines is 1. The highest BCUT2D eigenvalue weighted by atomic mass is 16.5. The minimum Gasteiger partial charge on any atom is -0.494 e. The zero-order valence-corrected chi connectivity index (χ0v) is 12.9. The highest BCUT2D eigenvalue weighted by Crippen LogP contribution is 2.37. The third-order valence-corrected chi connectivity index (χ3v) is 3.11. The van der Waals surface area contributed by atoms with Crippen molar-refractivity contribution in [2.45, 2.75) is 20.8 Å². The zero-order valence-electron chi connectivity index (χ0n) is 12.9. The number of hydrogen-bond donors (Lipinski definition) is 1. The van der Waals surface area contributed by atoms with E-state index in [9.17, 15) is 0 Å². The van der Waals surface area contributed by atoms with Crippen molar-refractivity contribution in [1.82, 2.24) is 9.97 Å². The van der Waals surface area contributed by atoms with Crippen molar-refractivity contribution in [1.29, 1.82) is 0 Å². The van der Waals surface area contributed by atoms with E-state index in [0.29, 0.717) is 0 Å². The van der Waals surface area contributed by atoms with Gasteiger partial charge in [-0.05, 0) is 17.5 Å². The van der Waals surface area contributed by atoms with Crippen LogP contribution in [0.5, 0.6) is 5.75 Å². The average Bonchev–Trinajstić information content (AvgIpc) is 2.89. The number of hydrogen-bond acceptors (Lipinski definition) is 3. The molecular weight excluding hydrogens is 250 g/mol. The second-order valence-electron chi connectivity index (χ2n) is 6.24. The van der Waals surface area contributed by atoms with Crippen LogP contribution in [0.1, 0.15) is 20.8 Å². The lowest BCUT2D eigenvalue weighted by molar-refractivity contribution is 0.402. The van der Waals surface area contributed by atoms with E-state index >= 15 is 0 Å². The maximum absolute atomic E-state index is 5.65. The van der Waals surface area contributed by atoms with Crippen molar-refractivity contribution >= 4 is 5.69 Å². The Hall–Kier alpha value is -1.97. The molecule has 0 fully saturated rings. The molecule has 0 aliphatic carbocycles. The molecule has 1 aromatic heterocycles. The number of nitrogens with zero attached hydrogens (tertiary/aromatic N) is 2. The number of benzene rings is 1. The molecule has 0 amide bonds. The molecule has 1 heterocycles. The Labute approximate surface area is 120 Å². The summed E-state index contributed by atoms with van der Waals surface area (Å²) in [7, 11) is 3.81. The SMILES string of the molecule is COc1c(-c2cnc[nH]2)cccc1N(C)CC(C)(C)C. The van der Waals surface area contributed by atoms with E-state index < -0.39 is 0 Å². The minimum atomic E-state index is 0.226. The van der Waals surface area contributed by atoms with Gasteiger partial charge in [0.15, 0.2) is 5.75 Å². The Morgan fingerprint density at radius 3 is 2.60 bits per heavy atom. The van der Waals surface area contributed by atoms with Gasteiger partial charge in [-0.1, -0.05) is 26.8 Å². The van der Waals surface area contributed by atoms with Gasteiger partial charge in [0.05, 0.1) is 31.0 Å². The summed E-state index contributed by atoms with van der Waals surface area (Å²) in [6, 6.07) is 6.18. The topological polar surface area (TPSA) is 41.1 Å². The molecule has 20 heavy (non-hydrogen) atoms. The number of H-pyrrole nitrogens is 1. The third-order valence-electron chi connectivity index (χ3n) is 3.11. The Morgan fingerprint density at radius 1 is 1.30 bits per heavy atom. The van der Waals surface area contributed by atoms with Gasteiger partial charge in [0.2, 0.25) is 0 Å². The fraction of sp³-hybridized carbons (Fsp3) is 0.438. The minimum absolute atomic E-state index is 0.226. The van der Waals surface area contributed by atoms with Crippen LogP contribution < -0.4 is 9.64 Å². The molecule has 0 radical (unpaired) electrons. The molecule has 1 aromatic carbocycles. The van der Waals surface area contributed by atoms with Crippen molar-refractivity contribution in [2.75, 3.05) is 25.6 Å². The van der Waals surface area contributed by atoms with Gasteiger partial charge >= 0.3 is 0 Å². The van der Waals surface area contributed by atoms with Crippen LogP contribution in [0.2, 0.25) is 0 Å². The van der Waals surface area contributed by atoms with E-state index in [4.69, 9.17) is 4.74 Å². The first-order valence-electron chi connectivity index (χ1n) is 6.79. The fourth-order valence-corrected chi connectivity index (χ4v) is 2.45. The summed E-state index contributed by atoms with van der Waals surface area (Å²) in [6.45, 7) is 7.65. The maximum atomic E-state index is 5.65. The van der Waals surface area contributed by atoms with Crippen molar-refractivity contribution in [3.05, 3.63) is 30.7 Å². The van der Waals surface area contributed by atoms with Crippen molar-refractivity contribution in [3.63, 3.8) is 0 Å². The van der Waals surface area contributed by atoms with Gasteiger partial charge in [-0.2, -0.15) is 0 Å². The van der Waals surface area contributed by atoms with E-state index in [-0.39, 0.29) is 5.41 Å². The van der Waals surface area contributed by atoms with Gasteiger partial charge in [-0.3, -0.25) is 0 Å². The second-order valence-corrected chi connectivity index (χ2v) is 6.24. The molecule has 0 saturated heterocycles. The molecule has 1 N–H and O–H groups in total. The van der Waals surface area contributed by atoms with Crippen LogP contribution >= 0.6 is 0 Å². The molecule has 0 unspecified atom stereocenters. The summed E-state index contributed by atoms with van der Waals surface area (Å²) in [5, 5.41) is 0. The van der Waals surface area contributed by atoms with E-state index in [1.807, 2.05) is 18.3 Å². The van der Waals surface area contributed by atoms with Crippen LogP contribution in [0.25, 0.3) is 11.3 Å². The molecule has 4 nitrogen and oxygen atoms in total. The zero-order chi connectivity index (χ0) is 14.8. The first-order chi connectivity index (χ1) is 9.42. The quantitative estimate of drug-likeness (QED) is 0.926. The number of methoxy groups -OCH3 is 1. The van der Waals surface area contributed by atoms with Crippen LogP contribution in [0, 0.1) is 5.41 Å². The molecule has 0 saturated carbocycles. The van der Waals surface area contributed by atoms with Crippen LogP contribution in [0.15, 0.2) is 30.7 Å². The summed E-state index contributed by atoms with van der Waals surface area (Å²) in [4.78, 5) is 9.45. The molecule has 0 atom stereocenters. The molecular formula is C16H23N3O. The van der Waals surface area contributed by atoms with E-state index in [1.165, 1.54) is 0 Å². The number of para-hydroxylation sites is 1. The first kappa shape index (κ1) is 14.4. The van der Waals surface area contributed by atoms with Crippen molar-refractivity contribution < 1.29 is 4.74 Å². The predicted octanol–water partition coefficient (Wildman–Crippen LogP) is 3.57. The number of ether oxygens (including phenoxy) is 1. The fourth-order valence-electron chi connectivity index (χ4n) is 2.45. The molecule has 2 aromatic rings. The highest BCUT2D eigenvalue weighted by molar-refractivity contribution is 5.76. The summed E-state index contributed by atoms with van der Waals surface area (Å²) < 4.78 is 5.65. The standard InChI is InChI=1S/C16H23N3O/c1-16(2,3)10-19(4)14-8-6-7-12(15(14)20-5)13-9-17-11-18-13/h6-9,11H,10H2,1-5H3,(H,17,18). The van der Waals surface area contributed by atoms with Gasteiger partial charge in [-0.25, -0.2) is 4.98 Å². The van der Waals surface area contributed by atoms with Gasteiger partial charge < -0.3 is 14.6 Å². The molecule has 0 aliphatic heterocycles. The lowest BCUT2D eigenvalue weighted by Gasteiger charge is -2.29. The smallest absolute Gasteiger partial charge is 0.151 e. The highest BCUT2D eigenvalue weighted by Gasteiger charge is 2.19. The Kier molecular flexibility index (Phi) is 4.02. The van der Waals surface area contributed by atoms with Crippen molar-refractivity contribution in [2.24, 2.45) is 5.41 Å². The molecule has 2 rings (SSSR count). The van der Waals surface area contributed by atoms with E-state index in [2.05, 4.69) is 48.8 Å². The summed E-state index contributed by atoms with van der Waals surface area (Å²) in [5.74, 6) is 0.878. The summed E-state index contributed by atoms with van der Waals surface area (Å²) in [6.07, 6.45) is 3.49. The largest absolute Gasteiger partial charge is 0.494 e. The van der Waals surface area contributed by atoms with Gasteiger partial charge in [0, 0.05) is 19.2 Å². The van der Waals surface area contributed by atoms with Crippen molar-refractivity contribution in [3.8, 4) is 17.0 Å². The van der Waals surface area contributed by atoms with Gasteiger partial charge in [0.25, 0.3) is 0 Å². The normalized spacial score (nSPS) is 11.4. The lowest BCUT2D eigenvalue weighted by Crippen LogP contribution is -2.29. The number of nitrogens with one attached hydrogen (secondary N) is 1. The average molecular weight is 273 g/mol. The summed E-state index contributed by atoms with van der Waals surface area (Å²) >= 11 is 0. The lowest BCUT2D eigenvalue weighted by atomic mass is 9.96. The molecule has 0 bridgehead atoms. The monoisotopic (exact) mass is 273 g/mol. The molecule has 4 heteroatoms. The molecule has 0 spiro atoms. The number of aromatic nitrogens is 2. The first-order valence-corrected chi connectivity index (χ1v) is 6.79. The van der Waals surface area contributed by atoms with E-state index in [0.717, 1.165) is 29.2 Å². The Morgan fingerprint density at radius 2 is 2.05 bits per heavy atom. The van der Waals surface area contributed by atoms with Crippen LogP contribution in [-0.4, -0.2) is 30.7 Å². The van der Waals surface area contributed by atoms with Crippen LogP contribution in [0.4, 0.5) is 5.69 Å². The Bertz CT molecular complexity index is 556. The van der Waals surface area contributed by atoms with Gasteiger partial charge in [-0.15, -0.1) is 0 Å².